The van der Waals surface area contributed by atoms with Gasteiger partial charge < -0.3 is 4.74 Å². The van der Waals surface area contributed by atoms with Crippen molar-refractivity contribution in [1.82, 2.24) is 0 Å². The van der Waals surface area contributed by atoms with Crippen molar-refractivity contribution in [2.75, 3.05) is 7.11 Å². The van der Waals surface area contributed by atoms with E-state index in [0.717, 1.165) is 5.75 Å². The van der Waals surface area contributed by atoms with Gasteiger partial charge in [-0.3, -0.25) is 0 Å². The van der Waals surface area contributed by atoms with Crippen LogP contribution in [0.5, 0.6) is 5.75 Å². The summed E-state index contributed by atoms with van der Waals surface area (Å²) in [4.78, 5) is 0. The van der Waals surface area contributed by atoms with Crippen LogP contribution in [0, 0.1) is 20.8 Å². The molecule has 0 aliphatic carbocycles. The summed E-state index contributed by atoms with van der Waals surface area (Å²) in [5.41, 5.74) is 7.03. The molecule has 2 aromatic carbocycles. The molecule has 0 aliphatic heterocycles. The first-order valence-corrected chi connectivity index (χ1v) is 8.64. The lowest BCUT2D eigenvalue weighted by Crippen LogP contribution is -2.02. The molecule has 0 fully saturated rings. The highest BCUT2D eigenvalue weighted by Crippen LogP contribution is 2.32. The van der Waals surface area contributed by atoms with Gasteiger partial charge in [0.1, 0.15) is 5.75 Å². The van der Waals surface area contributed by atoms with Gasteiger partial charge in [0.05, 0.1) is 7.11 Å². The maximum Gasteiger partial charge on any atom is 0.119 e. The molecule has 0 aromatic heterocycles. The summed E-state index contributed by atoms with van der Waals surface area (Å²) < 4.78 is 5.38. The summed E-state index contributed by atoms with van der Waals surface area (Å²) >= 11 is 0. The summed E-state index contributed by atoms with van der Waals surface area (Å²) in [5, 5.41) is 0. The Morgan fingerprint density at radius 3 is 2.04 bits per heavy atom. The highest BCUT2D eigenvalue weighted by Gasteiger charge is 2.14. The normalized spacial score (nSPS) is 13.7. The van der Waals surface area contributed by atoms with E-state index in [2.05, 4.69) is 65.0 Å². The zero-order chi connectivity index (χ0) is 17.0. The van der Waals surface area contributed by atoms with Crippen LogP contribution in [0.4, 0.5) is 0 Å². The molecule has 0 saturated carbocycles. The van der Waals surface area contributed by atoms with Crippen molar-refractivity contribution in [2.45, 2.75) is 59.3 Å². The fraction of sp³-hybridized carbons (Fsp3) is 0.455. The second-order valence-corrected chi connectivity index (χ2v) is 6.96. The SMILES string of the molecule is COc1ccc(C)c(C(C)CCC(C)c2ccc(C)cc2C)c1. The van der Waals surface area contributed by atoms with E-state index in [1.807, 2.05) is 6.07 Å². The number of rotatable bonds is 6. The molecule has 0 spiro atoms. The van der Waals surface area contributed by atoms with Gasteiger partial charge >= 0.3 is 0 Å². The van der Waals surface area contributed by atoms with Crippen LogP contribution in [-0.2, 0) is 0 Å². The maximum absolute atomic E-state index is 5.38. The van der Waals surface area contributed by atoms with Gasteiger partial charge in [0.2, 0.25) is 0 Å². The minimum absolute atomic E-state index is 0.554. The maximum atomic E-state index is 5.38. The van der Waals surface area contributed by atoms with Crippen LogP contribution in [0.25, 0.3) is 0 Å². The van der Waals surface area contributed by atoms with Gasteiger partial charge in [0.25, 0.3) is 0 Å². The molecule has 0 saturated heterocycles. The molecule has 2 atom stereocenters. The molecule has 0 amide bonds. The molecule has 0 heterocycles. The summed E-state index contributed by atoms with van der Waals surface area (Å²) in [6, 6.07) is 13.2. The molecule has 124 valence electrons. The zero-order valence-electron chi connectivity index (χ0n) is 15.4. The predicted molar refractivity (Wildman–Crippen MR) is 99.7 cm³/mol. The van der Waals surface area contributed by atoms with E-state index in [0.29, 0.717) is 11.8 Å². The van der Waals surface area contributed by atoms with E-state index in [-0.39, 0.29) is 0 Å². The first kappa shape index (κ1) is 17.6. The molecule has 2 rings (SSSR count). The van der Waals surface area contributed by atoms with Crippen molar-refractivity contribution >= 4 is 0 Å². The molecule has 2 aromatic rings. The Morgan fingerprint density at radius 2 is 1.43 bits per heavy atom. The second kappa shape index (κ2) is 7.68. The Labute approximate surface area is 141 Å². The smallest absolute Gasteiger partial charge is 0.119 e. The van der Waals surface area contributed by atoms with Gasteiger partial charge in [-0.2, -0.15) is 0 Å². The van der Waals surface area contributed by atoms with Gasteiger partial charge in [-0.05, 0) is 79.8 Å². The van der Waals surface area contributed by atoms with E-state index in [1.165, 1.54) is 40.7 Å². The Kier molecular flexibility index (Phi) is 5.87. The first-order valence-electron chi connectivity index (χ1n) is 8.64. The molecule has 23 heavy (non-hydrogen) atoms. The van der Waals surface area contributed by atoms with Crippen molar-refractivity contribution < 1.29 is 4.74 Å². The third-order valence-corrected chi connectivity index (χ3v) is 5.01. The lowest BCUT2D eigenvalue weighted by atomic mass is 9.86. The van der Waals surface area contributed by atoms with Gasteiger partial charge in [0.15, 0.2) is 0 Å². The number of hydrogen-bond donors (Lipinski definition) is 0. The summed E-state index contributed by atoms with van der Waals surface area (Å²) in [6.07, 6.45) is 2.41. The topological polar surface area (TPSA) is 9.23 Å². The molecular formula is C22H30O. The highest BCUT2D eigenvalue weighted by molar-refractivity contribution is 5.37. The third-order valence-electron chi connectivity index (χ3n) is 5.01. The number of hydrogen-bond acceptors (Lipinski definition) is 1. The minimum Gasteiger partial charge on any atom is -0.497 e. The van der Waals surface area contributed by atoms with E-state index in [4.69, 9.17) is 4.74 Å². The molecule has 1 nitrogen and oxygen atoms in total. The van der Waals surface area contributed by atoms with Crippen molar-refractivity contribution in [1.29, 1.82) is 0 Å². The molecule has 0 radical (unpaired) electrons. The van der Waals surface area contributed by atoms with Crippen molar-refractivity contribution in [3.8, 4) is 5.75 Å². The summed E-state index contributed by atoms with van der Waals surface area (Å²) in [6.45, 7) is 11.3. The lowest BCUT2D eigenvalue weighted by molar-refractivity contribution is 0.413. The average Bonchev–Trinajstić information content (AvgIpc) is 2.52. The number of ether oxygens (including phenoxy) is 1. The fourth-order valence-corrected chi connectivity index (χ4v) is 3.47. The largest absolute Gasteiger partial charge is 0.497 e. The lowest BCUT2D eigenvalue weighted by Gasteiger charge is -2.20. The van der Waals surface area contributed by atoms with Crippen LogP contribution in [-0.4, -0.2) is 7.11 Å². The van der Waals surface area contributed by atoms with Crippen LogP contribution in [0.2, 0.25) is 0 Å². The standard InChI is InChI=1S/C22H30O/c1-15-7-12-21(19(5)13-15)16(2)8-9-17(3)22-14-20(23-6)11-10-18(22)4/h7,10-14,16-17H,8-9H2,1-6H3. The van der Waals surface area contributed by atoms with Crippen LogP contribution in [0.15, 0.2) is 36.4 Å². The molecule has 0 bridgehead atoms. The van der Waals surface area contributed by atoms with Crippen molar-refractivity contribution in [3.05, 3.63) is 64.2 Å². The van der Waals surface area contributed by atoms with E-state index in [1.54, 1.807) is 7.11 Å². The van der Waals surface area contributed by atoms with Crippen LogP contribution in [0.3, 0.4) is 0 Å². The first-order chi connectivity index (χ1) is 10.9. The van der Waals surface area contributed by atoms with Crippen molar-refractivity contribution in [2.24, 2.45) is 0 Å². The van der Waals surface area contributed by atoms with Crippen LogP contribution >= 0.6 is 0 Å². The molecule has 2 unspecified atom stereocenters. The monoisotopic (exact) mass is 310 g/mol. The fourth-order valence-electron chi connectivity index (χ4n) is 3.47. The van der Waals surface area contributed by atoms with Crippen LogP contribution in [0.1, 0.15) is 66.3 Å². The third kappa shape index (κ3) is 4.37. The Balaban J connectivity index is 2.05. The quantitative estimate of drug-likeness (QED) is 0.607. The minimum atomic E-state index is 0.554. The molecule has 1 heteroatoms. The zero-order valence-corrected chi connectivity index (χ0v) is 15.4. The van der Waals surface area contributed by atoms with E-state index < -0.39 is 0 Å². The molecule has 0 N–H and O–H groups in total. The van der Waals surface area contributed by atoms with Gasteiger partial charge in [-0.25, -0.2) is 0 Å². The summed E-state index contributed by atoms with van der Waals surface area (Å²) in [7, 11) is 1.74. The Hall–Kier alpha value is -1.76. The predicted octanol–water partition coefficient (Wildman–Crippen LogP) is 6.31. The molecular weight excluding hydrogens is 280 g/mol. The number of methoxy groups -OCH3 is 1. The highest BCUT2D eigenvalue weighted by atomic mass is 16.5. The van der Waals surface area contributed by atoms with Crippen LogP contribution < -0.4 is 4.74 Å². The number of benzene rings is 2. The average molecular weight is 310 g/mol. The number of aryl methyl sites for hydroxylation is 3. The summed E-state index contributed by atoms with van der Waals surface area (Å²) in [5.74, 6) is 2.11. The van der Waals surface area contributed by atoms with Gasteiger partial charge in [-0.1, -0.05) is 43.7 Å². The molecule has 0 aliphatic rings. The van der Waals surface area contributed by atoms with E-state index >= 15 is 0 Å². The Bertz CT molecular complexity index is 657. The van der Waals surface area contributed by atoms with Crippen molar-refractivity contribution in [3.63, 3.8) is 0 Å². The van der Waals surface area contributed by atoms with E-state index in [9.17, 15) is 0 Å². The Morgan fingerprint density at radius 1 is 0.783 bits per heavy atom. The van der Waals surface area contributed by atoms with Gasteiger partial charge in [-0.15, -0.1) is 0 Å². The second-order valence-electron chi connectivity index (χ2n) is 6.96. The van der Waals surface area contributed by atoms with Gasteiger partial charge in [0, 0.05) is 0 Å².